The fourth-order valence-corrected chi connectivity index (χ4v) is 1.66. The minimum absolute atomic E-state index is 0.0602. The van der Waals surface area contributed by atoms with E-state index in [4.69, 9.17) is 4.74 Å². The summed E-state index contributed by atoms with van der Waals surface area (Å²) in [5.41, 5.74) is 0.945. The van der Waals surface area contributed by atoms with Crippen LogP contribution in [0.1, 0.15) is 60.8 Å². The first-order chi connectivity index (χ1) is 8.85. The molecule has 0 aromatic heterocycles. The SMILES string of the molecule is CCC(C)CCC(C)C=CC(C)=CC(=O)OC(C)C. The Bertz CT molecular complexity index is 313. The van der Waals surface area contributed by atoms with Crippen LogP contribution in [0.15, 0.2) is 23.8 Å². The molecule has 2 atom stereocenters. The third-order valence-electron chi connectivity index (χ3n) is 3.20. The van der Waals surface area contributed by atoms with Crippen molar-refractivity contribution in [2.75, 3.05) is 0 Å². The third kappa shape index (κ3) is 10.5. The molecule has 0 aliphatic carbocycles. The van der Waals surface area contributed by atoms with E-state index >= 15 is 0 Å². The van der Waals surface area contributed by atoms with E-state index in [1.807, 2.05) is 26.8 Å². The maximum Gasteiger partial charge on any atom is 0.331 e. The molecule has 110 valence electrons. The Morgan fingerprint density at radius 3 is 2.32 bits per heavy atom. The number of allylic oxidation sites excluding steroid dienone is 3. The highest BCUT2D eigenvalue weighted by Gasteiger charge is 2.03. The average molecular weight is 266 g/mol. The second kappa shape index (κ2) is 9.82. The third-order valence-corrected chi connectivity index (χ3v) is 3.20. The van der Waals surface area contributed by atoms with Crippen molar-refractivity contribution in [1.82, 2.24) is 0 Å². The molecule has 0 aliphatic heterocycles. The predicted molar refractivity (Wildman–Crippen MR) is 82.0 cm³/mol. The Hall–Kier alpha value is -1.05. The summed E-state index contributed by atoms with van der Waals surface area (Å²) in [5, 5.41) is 0. The Morgan fingerprint density at radius 1 is 1.16 bits per heavy atom. The van der Waals surface area contributed by atoms with Gasteiger partial charge in [0.15, 0.2) is 0 Å². The summed E-state index contributed by atoms with van der Waals surface area (Å²) in [5.74, 6) is 1.09. The summed E-state index contributed by atoms with van der Waals surface area (Å²) in [6, 6.07) is 0. The van der Waals surface area contributed by atoms with Gasteiger partial charge in [0.05, 0.1) is 6.10 Å². The van der Waals surface area contributed by atoms with Crippen LogP contribution < -0.4 is 0 Å². The summed E-state index contributed by atoms with van der Waals surface area (Å²) >= 11 is 0. The zero-order chi connectivity index (χ0) is 14.8. The molecule has 0 aromatic rings. The normalized spacial score (nSPS) is 15.8. The van der Waals surface area contributed by atoms with E-state index in [-0.39, 0.29) is 12.1 Å². The quantitative estimate of drug-likeness (QED) is 0.355. The van der Waals surface area contributed by atoms with E-state index in [2.05, 4.69) is 26.8 Å². The van der Waals surface area contributed by atoms with Crippen molar-refractivity contribution >= 4 is 5.97 Å². The lowest BCUT2D eigenvalue weighted by Crippen LogP contribution is -2.08. The standard InChI is InChI=1S/C17H30O2/c1-7-14(4)8-9-15(5)10-11-16(6)12-17(18)19-13(2)3/h10-15H,7-9H2,1-6H3. The first-order valence-electron chi connectivity index (χ1n) is 7.42. The maximum atomic E-state index is 11.4. The topological polar surface area (TPSA) is 26.3 Å². The number of hydrogen-bond donors (Lipinski definition) is 0. The number of rotatable bonds is 8. The van der Waals surface area contributed by atoms with Crippen molar-refractivity contribution in [3.05, 3.63) is 23.8 Å². The van der Waals surface area contributed by atoms with E-state index in [0.717, 1.165) is 11.5 Å². The highest BCUT2D eigenvalue weighted by atomic mass is 16.5. The molecule has 0 bridgehead atoms. The summed E-state index contributed by atoms with van der Waals surface area (Å²) in [4.78, 5) is 11.4. The molecule has 0 N–H and O–H groups in total. The van der Waals surface area contributed by atoms with Gasteiger partial charge in [-0.1, -0.05) is 45.8 Å². The highest BCUT2D eigenvalue weighted by Crippen LogP contribution is 2.16. The van der Waals surface area contributed by atoms with E-state index in [9.17, 15) is 4.79 Å². The van der Waals surface area contributed by atoms with Crippen molar-refractivity contribution in [3.63, 3.8) is 0 Å². The van der Waals surface area contributed by atoms with Crippen molar-refractivity contribution in [2.45, 2.75) is 66.9 Å². The molecular weight excluding hydrogens is 236 g/mol. The molecule has 0 fully saturated rings. The van der Waals surface area contributed by atoms with Gasteiger partial charge in [-0.25, -0.2) is 4.79 Å². The molecule has 0 rings (SSSR count). The monoisotopic (exact) mass is 266 g/mol. The minimum Gasteiger partial charge on any atom is -0.460 e. The second-order valence-corrected chi connectivity index (χ2v) is 5.80. The first-order valence-corrected chi connectivity index (χ1v) is 7.42. The van der Waals surface area contributed by atoms with Crippen LogP contribution in [0.5, 0.6) is 0 Å². The average Bonchev–Trinajstić information content (AvgIpc) is 2.32. The predicted octanol–water partition coefficient (Wildman–Crippen LogP) is 4.90. The molecule has 0 saturated carbocycles. The zero-order valence-corrected chi connectivity index (χ0v) is 13.4. The Morgan fingerprint density at radius 2 is 1.79 bits per heavy atom. The number of hydrogen-bond acceptors (Lipinski definition) is 2. The van der Waals surface area contributed by atoms with E-state index in [1.54, 1.807) is 6.08 Å². The van der Waals surface area contributed by atoms with Crippen LogP contribution in [-0.4, -0.2) is 12.1 Å². The van der Waals surface area contributed by atoms with Gasteiger partial charge in [0.1, 0.15) is 0 Å². The number of carbonyl (C=O) groups excluding carboxylic acids is 1. The van der Waals surface area contributed by atoms with Crippen molar-refractivity contribution in [2.24, 2.45) is 11.8 Å². The van der Waals surface area contributed by atoms with E-state index < -0.39 is 0 Å². The molecule has 0 aromatic carbocycles. The molecular formula is C17H30O2. The number of esters is 1. The smallest absolute Gasteiger partial charge is 0.331 e. The van der Waals surface area contributed by atoms with Crippen LogP contribution in [0.3, 0.4) is 0 Å². The van der Waals surface area contributed by atoms with Crippen LogP contribution in [0.25, 0.3) is 0 Å². The fraction of sp³-hybridized carbons (Fsp3) is 0.706. The highest BCUT2D eigenvalue weighted by molar-refractivity contribution is 5.83. The summed E-state index contributed by atoms with van der Waals surface area (Å²) in [6.07, 6.45) is 9.40. The van der Waals surface area contributed by atoms with Crippen LogP contribution >= 0.6 is 0 Å². The van der Waals surface area contributed by atoms with Crippen LogP contribution in [0.2, 0.25) is 0 Å². The lowest BCUT2D eigenvalue weighted by molar-refractivity contribution is -0.141. The summed E-state index contributed by atoms with van der Waals surface area (Å²) in [6.45, 7) is 12.4. The molecule has 0 spiro atoms. The Labute approximate surface area is 118 Å². The van der Waals surface area contributed by atoms with Gasteiger partial charge >= 0.3 is 5.97 Å². The summed E-state index contributed by atoms with van der Waals surface area (Å²) in [7, 11) is 0. The molecule has 19 heavy (non-hydrogen) atoms. The van der Waals surface area contributed by atoms with Gasteiger partial charge in [0, 0.05) is 6.08 Å². The fourth-order valence-electron chi connectivity index (χ4n) is 1.66. The molecule has 2 unspecified atom stereocenters. The van der Waals surface area contributed by atoms with Crippen LogP contribution in [-0.2, 0) is 9.53 Å². The van der Waals surface area contributed by atoms with Gasteiger partial charge in [-0.15, -0.1) is 0 Å². The van der Waals surface area contributed by atoms with Gasteiger partial charge in [0.2, 0.25) is 0 Å². The largest absolute Gasteiger partial charge is 0.460 e. The van der Waals surface area contributed by atoms with Crippen molar-refractivity contribution < 1.29 is 9.53 Å². The molecule has 2 heteroatoms. The summed E-state index contributed by atoms with van der Waals surface area (Å²) < 4.78 is 5.07. The molecule has 0 aliphatic rings. The Kier molecular flexibility index (Phi) is 9.28. The molecule has 0 heterocycles. The van der Waals surface area contributed by atoms with Gasteiger partial charge < -0.3 is 4.74 Å². The number of ether oxygens (including phenoxy) is 1. The minimum atomic E-state index is -0.260. The van der Waals surface area contributed by atoms with E-state index in [1.165, 1.54) is 19.3 Å². The van der Waals surface area contributed by atoms with Crippen molar-refractivity contribution in [3.8, 4) is 0 Å². The van der Waals surface area contributed by atoms with E-state index in [0.29, 0.717) is 5.92 Å². The van der Waals surface area contributed by atoms with Crippen LogP contribution in [0.4, 0.5) is 0 Å². The van der Waals surface area contributed by atoms with Gasteiger partial charge in [-0.2, -0.15) is 0 Å². The maximum absolute atomic E-state index is 11.4. The van der Waals surface area contributed by atoms with Gasteiger partial charge in [-0.05, 0) is 44.6 Å². The Balaban J connectivity index is 4.15. The lowest BCUT2D eigenvalue weighted by Gasteiger charge is -2.10. The molecule has 0 amide bonds. The first kappa shape index (κ1) is 17.9. The second-order valence-electron chi connectivity index (χ2n) is 5.80. The van der Waals surface area contributed by atoms with Gasteiger partial charge in [0.25, 0.3) is 0 Å². The van der Waals surface area contributed by atoms with Gasteiger partial charge in [-0.3, -0.25) is 0 Å². The lowest BCUT2D eigenvalue weighted by atomic mass is 9.96. The molecule has 2 nitrogen and oxygen atoms in total. The molecule has 0 saturated heterocycles. The zero-order valence-electron chi connectivity index (χ0n) is 13.4. The van der Waals surface area contributed by atoms with Crippen molar-refractivity contribution in [1.29, 1.82) is 0 Å². The number of carbonyl (C=O) groups is 1. The molecule has 0 radical (unpaired) electrons. The van der Waals surface area contributed by atoms with Crippen LogP contribution in [0, 0.1) is 11.8 Å².